The molecule has 0 aliphatic rings. The second-order valence-corrected chi connectivity index (χ2v) is 7.71. The molecule has 0 aromatic heterocycles. The molecule has 0 amide bonds. The second-order valence-electron chi connectivity index (χ2n) is 2.66. The van der Waals surface area contributed by atoms with Gasteiger partial charge in [-0.25, -0.2) is 0 Å². The number of rotatable bonds is 2. The lowest BCUT2D eigenvalue weighted by atomic mass is 10.1. The van der Waals surface area contributed by atoms with Gasteiger partial charge in [0.2, 0.25) is 0 Å². The van der Waals surface area contributed by atoms with Gasteiger partial charge >= 0.3 is 0 Å². The van der Waals surface area contributed by atoms with Crippen molar-refractivity contribution >= 4 is 71.7 Å². The molecule has 0 saturated carbocycles. The van der Waals surface area contributed by atoms with Crippen LogP contribution in [0.4, 0.5) is 0 Å². The SMILES string of the molecule is SC(Cl)(Cl)c1cccc(C(S)(Cl)Cl)c1. The highest BCUT2D eigenvalue weighted by atomic mass is 35.5. The number of halogens is 4. The van der Waals surface area contributed by atoms with Crippen molar-refractivity contribution in [1.29, 1.82) is 0 Å². The van der Waals surface area contributed by atoms with Crippen molar-refractivity contribution in [2.45, 2.75) is 7.33 Å². The fourth-order valence-electron chi connectivity index (χ4n) is 0.893. The van der Waals surface area contributed by atoms with Crippen LogP contribution in [0.2, 0.25) is 0 Å². The Labute approximate surface area is 114 Å². The second kappa shape index (κ2) is 4.52. The number of hydrogen-bond donors (Lipinski definition) is 2. The first-order valence-electron chi connectivity index (χ1n) is 3.52. The first kappa shape index (κ1) is 13.1. The molecule has 0 unspecified atom stereocenters. The molecule has 0 atom stereocenters. The van der Waals surface area contributed by atoms with Crippen LogP contribution in [0.3, 0.4) is 0 Å². The van der Waals surface area contributed by atoms with Gasteiger partial charge < -0.3 is 0 Å². The molecule has 1 aromatic rings. The van der Waals surface area contributed by atoms with E-state index in [0.717, 1.165) is 0 Å². The average molecular weight is 308 g/mol. The van der Waals surface area contributed by atoms with Gasteiger partial charge in [-0.1, -0.05) is 64.6 Å². The van der Waals surface area contributed by atoms with E-state index in [1.54, 1.807) is 24.3 Å². The van der Waals surface area contributed by atoms with Gasteiger partial charge in [0, 0.05) is 0 Å². The predicted molar refractivity (Wildman–Crippen MR) is 71.2 cm³/mol. The molecule has 0 bridgehead atoms. The highest BCUT2D eigenvalue weighted by Crippen LogP contribution is 2.42. The molecule has 1 aromatic carbocycles. The quantitative estimate of drug-likeness (QED) is 0.573. The van der Waals surface area contributed by atoms with Crippen molar-refractivity contribution in [3.63, 3.8) is 0 Å². The van der Waals surface area contributed by atoms with Crippen molar-refractivity contribution in [3.05, 3.63) is 35.4 Å². The molecule has 6 heteroatoms. The molecule has 0 fully saturated rings. The molecule has 0 saturated heterocycles. The van der Waals surface area contributed by atoms with E-state index in [1.165, 1.54) is 0 Å². The number of alkyl halides is 4. The van der Waals surface area contributed by atoms with Crippen LogP contribution in [0.5, 0.6) is 0 Å². The summed E-state index contributed by atoms with van der Waals surface area (Å²) in [5, 5.41) is 0. The maximum atomic E-state index is 5.80. The molecule has 0 heterocycles. The summed E-state index contributed by atoms with van der Waals surface area (Å²) in [5.74, 6) is 0. The first-order chi connectivity index (χ1) is 6.21. The smallest absolute Gasteiger partial charge is 0.136 e. The van der Waals surface area contributed by atoms with Crippen LogP contribution in [-0.2, 0) is 7.33 Å². The molecular formula is C8H6Cl4S2. The molecule has 0 N–H and O–H groups in total. The maximum Gasteiger partial charge on any atom is 0.185 e. The topological polar surface area (TPSA) is 0 Å². The minimum atomic E-state index is -1.26. The zero-order chi connectivity index (χ0) is 11.0. The Bertz CT molecular complexity index is 298. The molecule has 14 heavy (non-hydrogen) atoms. The van der Waals surface area contributed by atoms with E-state index in [-0.39, 0.29) is 0 Å². The predicted octanol–water partition coefficient (Wildman–Crippen LogP) is 4.72. The summed E-state index contributed by atoms with van der Waals surface area (Å²) in [6, 6.07) is 6.84. The third-order valence-electron chi connectivity index (χ3n) is 1.56. The summed E-state index contributed by atoms with van der Waals surface area (Å²) >= 11 is 31.2. The van der Waals surface area contributed by atoms with E-state index in [2.05, 4.69) is 25.3 Å². The van der Waals surface area contributed by atoms with Crippen molar-refractivity contribution in [3.8, 4) is 0 Å². The number of benzene rings is 1. The van der Waals surface area contributed by atoms with Gasteiger partial charge in [0.1, 0.15) is 0 Å². The summed E-state index contributed by atoms with van der Waals surface area (Å²) in [5.41, 5.74) is 1.20. The summed E-state index contributed by atoms with van der Waals surface area (Å²) in [6.45, 7) is 0. The van der Waals surface area contributed by atoms with Crippen molar-refractivity contribution < 1.29 is 0 Å². The fraction of sp³-hybridized carbons (Fsp3) is 0.250. The van der Waals surface area contributed by atoms with E-state index in [1.807, 2.05) is 0 Å². The number of hydrogen-bond acceptors (Lipinski definition) is 2. The van der Waals surface area contributed by atoms with Crippen molar-refractivity contribution in [1.82, 2.24) is 0 Å². The Morgan fingerprint density at radius 3 is 1.50 bits per heavy atom. The molecule has 0 spiro atoms. The maximum absolute atomic E-state index is 5.80. The molecule has 0 aliphatic heterocycles. The normalized spacial score (nSPS) is 13.0. The third kappa shape index (κ3) is 3.58. The average Bonchev–Trinajstić information content (AvgIpc) is 2.01. The third-order valence-corrected chi connectivity index (χ3v) is 2.95. The Balaban J connectivity index is 3.15. The molecule has 0 radical (unpaired) electrons. The van der Waals surface area contributed by atoms with Gasteiger partial charge in [0.25, 0.3) is 0 Å². The van der Waals surface area contributed by atoms with E-state index in [0.29, 0.717) is 11.1 Å². The Morgan fingerprint density at radius 2 is 1.21 bits per heavy atom. The molecular weight excluding hydrogens is 302 g/mol. The van der Waals surface area contributed by atoms with Crippen LogP contribution >= 0.6 is 71.7 Å². The standard InChI is InChI=1S/C8H6Cl4S2/c9-7(10,13)5-2-1-3-6(4-5)8(11,12)14/h1-4,13-14H. The molecule has 1 rings (SSSR count). The lowest BCUT2D eigenvalue weighted by Crippen LogP contribution is -2.05. The molecule has 0 aliphatic carbocycles. The van der Waals surface area contributed by atoms with Crippen LogP contribution in [0.15, 0.2) is 24.3 Å². The van der Waals surface area contributed by atoms with Gasteiger partial charge in [0.05, 0.1) is 0 Å². The Hall–Kier alpha value is 1.08. The Morgan fingerprint density at radius 1 is 0.857 bits per heavy atom. The monoisotopic (exact) mass is 306 g/mol. The highest BCUT2D eigenvalue weighted by molar-refractivity contribution is 7.84. The van der Waals surface area contributed by atoms with Gasteiger partial charge in [-0.05, 0) is 17.2 Å². The van der Waals surface area contributed by atoms with Gasteiger partial charge in [-0.2, -0.15) is 0 Å². The van der Waals surface area contributed by atoms with Crippen LogP contribution in [-0.4, -0.2) is 0 Å². The van der Waals surface area contributed by atoms with Crippen molar-refractivity contribution in [2.24, 2.45) is 0 Å². The molecule has 78 valence electrons. The van der Waals surface area contributed by atoms with Crippen molar-refractivity contribution in [2.75, 3.05) is 0 Å². The highest BCUT2D eigenvalue weighted by Gasteiger charge is 2.25. The van der Waals surface area contributed by atoms with Gasteiger partial charge in [0.15, 0.2) is 7.33 Å². The van der Waals surface area contributed by atoms with Crippen LogP contribution in [0.1, 0.15) is 11.1 Å². The first-order valence-corrected chi connectivity index (χ1v) is 5.93. The summed E-state index contributed by atoms with van der Waals surface area (Å²) in [4.78, 5) is 0. The lowest BCUT2D eigenvalue weighted by Gasteiger charge is -2.17. The van der Waals surface area contributed by atoms with E-state index in [9.17, 15) is 0 Å². The zero-order valence-electron chi connectivity index (χ0n) is 6.72. The van der Waals surface area contributed by atoms with Crippen LogP contribution < -0.4 is 0 Å². The summed E-state index contributed by atoms with van der Waals surface area (Å²) in [6.07, 6.45) is 0. The van der Waals surface area contributed by atoms with Gasteiger partial charge in [-0.15, -0.1) is 25.3 Å². The van der Waals surface area contributed by atoms with Gasteiger partial charge in [-0.3, -0.25) is 0 Å². The van der Waals surface area contributed by atoms with E-state index in [4.69, 9.17) is 46.4 Å². The lowest BCUT2D eigenvalue weighted by molar-refractivity contribution is 1.20. The largest absolute Gasteiger partial charge is 0.185 e. The Kier molecular flexibility index (Phi) is 4.25. The van der Waals surface area contributed by atoms with Crippen LogP contribution in [0, 0.1) is 0 Å². The summed E-state index contributed by atoms with van der Waals surface area (Å²) < 4.78 is -2.52. The van der Waals surface area contributed by atoms with E-state index >= 15 is 0 Å². The minimum absolute atomic E-state index is 0.599. The molecule has 0 nitrogen and oxygen atoms in total. The fourth-order valence-corrected chi connectivity index (χ4v) is 1.64. The van der Waals surface area contributed by atoms with Crippen LogP contribution in [0.25, 0.3) is 0 Å². The number of thiol groups is 2. The zero-order valence-corrected chi connectivity index (χ0v) is 11.5. The van der Waals surface area contributed by atoms with E-state index < -0.39 is 7.33 Å². The summed E-state index contributed by atoms with van der Waals surface area (Å²) in [7, 11) is 0. The minimum Gasteiger partial charge on any atom is -0.136 e.